The minimum Gasteiger partial charge on any atom is -0.0837 e. The van der Waals surface area contributed by atoms with Crippen LogP contribution in [-0.4, -0.2) is 0 Å². The van der Waals surface area contributed by atoms with Crippen LogP contribution < -0.4 is 0 Å². The fraction of sp³-hybridized carbons (Fsp3) is 0. The van der Waals surface area contributed by atoms with E-state index >= 15 is 0 Å². The summed E-state index contributed by atoms with van der Waals surface area (Å²) >= 11 is 30.1. The van der Waals surface area contributed by atoms with Crippen LogP contribution in [0.3, 0.4) is 0 Å². The Morgan fingerprint density at radius 2 is 1.24 bits per heavy atom. The van der Waals surface area contributed by atoms with Crippen molar-refractivity contribution >= 4 is 58.0 Å². The maximum absolute atomic E-state index is 6.14. The number of hydrogen-bond donors (Lipinski definition) is 0. The number of rotatable bonds is 1. The van der Waals surface area contributed by atoms with E-state index < -0.39 is 0 Å². The van der Waals surface area contributed by atoms with Crippen LogP contribution in [0.5, 0.6) is 0 Å². The molecule has 0 N–H and O–H groups in total. The Hall–Kier alpha value is -0.110. The summed E-state index contributed by atoms with van der Waals surface area (Å²) in [6.45, 7) is 0. The standard InChI is InChI=1S/C12H5Cl5/c13-8-4-2-1-3-6(8)7-5-9(14)11(16)12(17)10(7)15/h1-5H. The van der Waals surface area contributed by atoms with E-state index in [0.29, 0.717) is 20.6 Å². The van der Waals surface area contributed by atoms with Crippen LogP contribution in [-0.2, 0) is 0 Å². The molecule has 17 heavy (non-hydrogen) atoms. The van der Waals surface area contributed by atoms with Crippen molar-refractivity contribution in [2.45, 2.75) is 0 Å². The zero-order valence-corrected chi connectivity index (χ0v) is 12.1. The highest BCUT2D eigenvalue weighted by Gasteiger charge is 2.15. The van der Waals surface area contributed by atoms with Crippen molar-refractivity contribution < 1.29 is 0 Å². The lowest BCUT2D eigenvalue weighted by Gasteiger charge is -2.10. The van der Waals surface area contributed by atoms with Gasteiger partial charge in [0.1, 0.15) is 0 Å². The maximum atomic E-state index is 6.14. The molecule has 0 heterocycles. The second-order valence-electron chi connectivity index (χ2n) is 3.33. The normalized spacial score (nSPS) is 10.6. The summed E-state index contributed by atoms with van der Waals surface area (Å²) in [6, 6.07) is 8.94. The number of benzene rings is 2. The third-order valence-electron chi connectivity index (χ3n) is 2.27. The molecule has 0 unspecified atom stereocenters. The lowest BCUT2D eigenvalue weighted by Crippen LogP contribution is -1.84. The summed E-state index contributed by atoms with van der Waals surface area (Å²) in [7, 11) is 0. The minimum atomic E-state index is 0.232. The molecule has 88 valence electrons. The summed E-state index contributed by atoms with van der Waals surface area (Å²) in [5, 5.41) is 1.74. The van der Waals surface area contributed by atoms with Gasteiger partial charge in [-0.2, -0.15) is 0 Å². The summed E-state index contributed by atoms with van der Waals surface area (Å²) in [6.07, 6.45) is 0. The molecule has 5 heteroatoms. The van der Waals surface area contributed by atoms with Crippen molar-refractivity contribution in [1.82, 2.24) is 0 Å². The van der Waals surface area contributed by atoms with E-state index in [1.165, 1.54) is 0 Å². The van der Waals surface area contributed by atoms with Gasteiger partial charge >= 0.3 is 0 Å². The molecule has 0 radical (unpaired) electrons. The van der Waals surface area contributed by atoms with Crippen LogP contribution in [0.25, 0.3) is 11.1 Å². The van der Waals surface area contributed by atoms with E-state index in [-0.39, 0.29) is 10.0 Å². The Bertz CT molecular complexity index is 577. The van der Waals surface area contributed by atoms with Gasteiger partial charge in [0.05, 0.1) is 20.1 Å². The molecule has 0 spiro atoms. The van der Waals surface area contributed by atoms with E-state index in [9.17, 15) is 0 Å². The molecular weight excluding hydrogens is 321 g/mol. The highest BCUT2D eigenvalue weighted by Crippen LogP contribution is 2.43. The first-order valence-corrected chi connectivity index (χ1v) is 6.49. The second-order valence-corrected chi connectivity index (χ2v) is 5.28. The van der Waals surface area contributed by atoms with E-state index in [1.807, 2.05) is 18.2 Å². The molecule has 0 saturated carbocycles. The lowest BCUT2D eigenvalue weighted by atomic mass is 10.1. The molecule has 0 nitrogen and oxygen atoms in total. The molecule has 2 rings (SSSR count). The van der Waals surface area contributed by atoms with Crippen molar-refractivity contribution in [3.63, 3.8) is 0 Å². The molecule has 0 saturated heterocycles. The maximum Gasteiger partial charge on any atom is 0.0800 e. The summed E-state index contributed by atoms with van der Waals surface area (Å²) in [4.78, 5) is 0. The first-order valence-electron chi connectivity index (χ1n) is 4.60. The van der Waals surface area contributed by atoms with Gasteiger partial charge in [-0.25, -0.2) is 0 Å². The Kier molecular flexibility index (Phi) is 4.12. The zero-order chi connectivity index (χ0) is 12.6. The van der Waals surface area contributed by atoms with Gasteiger partial charge in [0.25, 0.3) is 0 Å². The highest BCUT2D eigenvalue weighted by atomic mass is 35.5. The molecule has 0 aromatic heterocycles. The fourth-order valence-corrected chi connectivity index (χ4v) is 2.59. The van der Waals surface area contributed by atoms with Gasteiger partial charge in [0.15, 0.2) is 0 Å². The second kappa shape index (κ2) is 5.26. The average Bonchev–Trinajstić information content (AvgIpc) is 2.32. The summed E-state index contributed by atoms with van der Waals surface area (Å²) < 4.78 is 0. The molecule has 2 aromatic carbocycles. The number of halogens is 5. The first-order chi connectivity index (χ1) is 8.02. The Labute approximate surface area is 124 Å². The highest BCUT2D eigenvalue weighted by molar-refractivity contribution is 6.53. The van der Waals surface area contributed by atoms with Gasteiger partial charge in [-0.15, -0.1) is 0 Å². The zero-order valence-electron chi connectivity index (χ0n) is 8.28. The topological polar surface area (TPSA) is 0 Å². The van der Waals surface area contributed by atoms with Gasteiger partial charge in [0.2, 0.25) is 0 Å². The van der Waals surface area contributed by atoms with Crippen molar-refractivity contribution in [2.75, 3.05) is 0 Å². The predicted molar refractivity (Wildman–Crippen MR) is 76.9 cm³/mol. The summed E-state index contributed by atoms with van der Waals surface area (Å²) in [5.41, 5.74) is 1.43. The third-order valence-corrected chi connectivity index (χ3v) is 4.35. The Morgan fingerprint density at radius 1 is 0.588 bits per heavy atom. The van der Waals surface area contributed by atoms with E-state index in [1.54, 1.807) is 12.1 Å². The monoisotopic (exact) mass is 324 g/mol. The fourth-order valence-electron chi connectivity index (χ4n) is 1.45. The summed E-state index contributed by atoms with van der Waals surface area (Å²) in [5.74, 6) is 0. The Morgan fingerprint density at radius 3 is 1.88 bits per heavy atom. The SMILES string of the molecule is Clc1ccccc1-c1cc(Cl)c(Cl)c(Cl)c1Cl. The van der Waals surface area contributed by atoms with Crippen LogP contribution in [0.2, 0.25) is 25.1 Å². The molecule has 0 aliphatic carbocycles. The predicted octanol–water partition coefficient (Wildman–Crippen LogP) is 6.62. The van der Waals surface area contributed by atoms with Crippen molar-refractivity contribution in [3.8, 4) is 11.1 Å². The lowest BCUT2D eigenvalue weighted by molar-refractivity contribution is 1.61. The van der Waals surface area contributed by atoms with Gasteiger partial charge in [-0.05, 0) is 12.1 Å². The molecule has 0 amide bonds. The molecule has 0 aliphatic rings. The van der Waals surface area contributed by atoms with Gasteiger partial charge in [0, 0.05) is 16.1 Å². The molecule has 2 aromatic rings. The van der Waals surface area contributed by atoms with Crippen molar-refractivity contribution in [1.29, 1.82) is 0 Å². The minimum absolute atomic E-state index is 0.232. The van der Waals surface area contributed by atoms with Gasteiger partial charge in [-0.1, -0.05) is 76.2 Å². The van der Waals surface area contributed by atoms with E-state index in [2.05, 4.69) is 0 Å². The van der Waals surface area contributed by atoms with E-state index in [0.717, 1.165) is 5.56 Å². The van der Waals surface area contributed by atoms with Gasteiger partial charge < -0.3 is 0 Å². The van der Waals surface area contributed by atoms with Crippen LogP contribution in [0.1, 0.15) is 0 Å². The van der Waals surface area contributed by atoms with Crippen LogP contribution in [0, 0.1) is 0 Å². The Balaban J connectivity index is 2.73. The molecule has 0 atom stereocenters. The van der Waals surface area contributed by atoms with E-state index in [4.69, 9.17) is 58.0 Å². The molecule has 0 bridgehead atoms. The van der Waals surface area contributed by atoms with Crippen molar-refractivity contribution in [3.05, 3.63) is 55.4 Å². The van der Waals surface area contributed by atoms with Crippen LogP contribution in [0.4, 0.5) is 0 Å². The van der Waals surface area contributed by atoms with Crippen molar-refractivity contribution in [2.24, 2.45) is 0 Å². The smallest absolute Gasteiger partial charge is 0.0800 e. The molecule has 0 aliphatic heterocycles. The number of hydrogen-bond acceptors (Lipinski definition) is 0. The van der Waals surface area contributed by atoms with Gasteiger partial charge in [-0.3, -0.25) is 0 Å². The third kappa shape index (κ3) is 2.52. The quantitative estimate of drug-likeness (QED) is 0.408. The molecular formula is C12H5Cl5. The average molecular weight is 326 g/mol. The van der Waals surface area contributed by atoms with Crippen LogP contribution in [0.15, 0.2) is 30.3 Å². The van der Waals surface area contributed by atoms with Crippen LogP contribution >= 0.6 is 58.0 Å². The molecule has 0 fully saturated rings. The first kappa shape index (κ1) is 13.3. The largest absolute Gasteiger partial charge is 0.0837 e.